The van der Waals surface area contributed by atoms with E-state index < -0.39 is 36.7 Å². The Morgan fingerprint density at radius 3 is 1.41 bits per heavy atom. The molecule has 0 spiro atoms. The molecule has 8 nitrogen and oxygen atoms in total. The van der Waals surface area contributed by atoms with E-state index >= 15 is 0 Å². The molecule has 0 saturated heterocycles. The van der Waals surface area contributed by atoms with Crippen molar-refractivity contribution in [2.45, 2.75) is 176 Å². The zero-order valence-corrected chi connectivity index (χ0v) is 50.2. The third-order valence-corrected chi connectivity index (χ3v) is 23.0. The number of hydroxylamine groups is 2. The van der Waals surface area contributed by atoms with Gasteiger partial charge in [0.1, 0.15) is 11.5 Å². The summed E-state index contributed by atoms with van der Waals surface area (Å²) in [4.78, 5) is 31.8. The number of ketones is 1. The van der Waals surface area contributed by atoms with Crippen LogP contribution in [0.4, 0.5) is 0 Å². The van der Waals surface area contributed by atoms with Crippen LogP contribution in [0, 0.1) is 95.7 Å². The predicted molar refractivity (Wildman–Crippen MR) is 334 cm³/mol. The SMILES string of the molecule is C.CON(C)C(=O)[C@H]1CC[C@H]2[C@@H]3CC[C@H]4C[C@](C)(O)CC[C@@H]4[C@H]3CC[C@]12C.COc1ccc(Br)c(C)c1.COc1ccc(C(=O)[C@H]2CC[C@H]3[C@@H]4CC[C@H]5C[C@](C)(O)CC[C@@H]5[C@H]4CC[C@]23C)c(C)c1.[B]B([B])B(B([B])[B])B([B])[B]. The Balaban J connectivity index is 0.000000188. The van der Waals surface area contributed by atoms with Crippen LogP contribution in [0.3, 0.4) is 0 Å². The summed E-state index contributed by atoms with van der Waals surface area (Å²) in [7, 11) is 38.5. The van der Waals surface area contributed by atoms with Crippen LogP contribution in [0.1, 0.15) is 172 Å². The summed E-state index contributed by atoms with van der Waals surface area (Å²) in [5, 5.41) is 22.6. The fourth-order valence-electron chi connectivity index (χ4n) is 18.1. The molecular formula is C59H90B10BrNO7. The van der Waals surface area contributed by atoms with Crippen LogP contribution in [0.25, 0.3) is 0 Å². The number of aryl methyl sites for hydroxylation is 2. The van der Waals surface area contributed by atoms with Gasteiger partial charge in [0.05, 0.1) is 32.5 Å². The third-order valence-electron chi connectivity index (χ3n) is 22.1. The second-order valence-corrected chi connectivity index (χ2v) is 27.5. The molecule has 8 fully saturated rings. The van der Waals surface area contributed by atoms with Crippen LogP contribution in [-0.2, 0) is 9.63 Å². The molecule has 2 aromatic rings. The smallest absolute Gasteiger partial charge is 0.249 e. The minimum absolute atomic E-state index is 0. The minimum atomic E-state index is -0.667. The van der Waals surface area contributed by atoms with Crippen molar-refractivity contribution in [1.82, 2.24) is 5.06 Å². The van der Waals surface area contributed by atoms with Crippen LogP contribution >= 0.6 is 15.9 Å². The van der Waals surface area contributed by atoms with E-state index in [-0.39, 0.29) is 36.0 Å². The lowest BCUT2D eigenvalue weighted by atomic mass is 8.58. The molecular weight excluding hydrogens is 1020 g/mol. The molecule has 8 aliphatic carbocycles. The van der Waals surface area contributed by atoms with E-state index in [2.05, 4.69) is 29.8 Å². The van der Waals surface area contributed by atoms with E-state index in [1.807, 2.05) is 64.1 Å². The number of ether oxygens (including phenoxy) is 2. The fourth-order valence-corrected chi connectivity index (χ4v) is 18.3. The highest BCUT2D eigenvalue weighted by Crippen LogP contribution is 2.66. The molecule has 410 valence electrons. The average Bonchev–Trinajstić information content (AvgIpc) is 4.15. The number of rotatable bonds is 9. The van der Waals surface area contributed by atoms with Gasteiger partial charge >= 0.3 is 0 Å². The Labute approximate surface area is 490 Å². The van der Waals surface area contributed by atoms with Gasteiger partial charge < -0.3 is 19.7 Å². The Bertz CT molecular complexity index is 2310. The molecule has 10 rings (SSSR count). The molecule has 0 aliphatic heterocycles. The van der Waals surface area contributed by atoms with Crippen molar-refractivity contribution in [3.8, 4) is 11.5 Å². The monoisotopic (exact) mass is 1110 g/mol. The fraction of sp³-hybridized carbons (Fsp3) is 0.763. The van der Waals surface area contributed by atoms with E-state index in [9.17, 15) is 19.8 Å². The van der Waals surface area contributed by atoms with Crippen LogP contribution in [0.5, 0.6) is 11.5 Å². The summed E-state index contributed by atoms with van der Waals surface area (Å²) in [5.41, 5.74) is 2.55. The van der Waals surface area contributed by atoms with E-state index in [1.54, 1.807) is 28.4 Å². The molecule has 78 heavy (non-hydrogen) atoms. The van der Waals surface area contributed by atoms with Gasteiger partial charge in [-0.15, -0.1) is 0 Å². The number of Topliss-reactive ketones (excluding diaryl/α,β-unsaturated/α-hetero) is 1. The Kier molecular flexibility index (Phi) is 22.5. The molecule has 19 heteroatoms. The number of aliphatic hydroxyl groups is 2. The lowest BCUT2D eigenvalue weighted by molar-refractivity contribution is -0.180. The lowest BCUT2D eigenvalue weighted by Crippen LogP contribution is -2.62. The summed E-state index contributed by atoms with van der Waals surface area (Å²) >= 11 is 3.40. The standard InChI is InChI=1S/C28H40O3.C22H37NO3.C8H9BrO.CH4.B10/c1-17-15-19(31-4)6-8-20(17)26(29)25-10-9-24-23-7-5-18-16-27(2,30)13-11-21(18)22(23)12-14-28(24,25)3;1-21(25)11-9-15-14(13-21)5-6-17-16(15)10-12-22(2)18(17)7-8-19(22)20(24)23(3)26-4;1-6-5-7(10-2)3-4-8(6)9;;1-7(2)10(8(3)4)9(5)6/h6,8,15,18,21-25,30H,5,7,9-14,16H2,1-4H3;14-19,25H,5-13H2,1-4H3;3-5H,1-2H3;1H4;/t18-,21-,22+,23+,24-,25+,27+,28-;14-,15-,16+,17+,18-,19+,21+,22-;;;/m00.../s1. The maximum Gasteiger partial charge on any atom is 0.249 e. The van der Waals surface area contributed by atoms with Crippen molar-refractivity contribution in [2.24, 2.45) is 81.8 Å². The Morgan fingerprint density at radius 2 is 1.00 bits per heavy atom. The second kappa shape index (κ2) is 26.8. The van der Waals surface area contributed by atoms with Gasteiger partial charge in [0.25, 0.3) is 0 Å². The summed E-state index contributed by atoms with van der Waals surface area (Å²) in [6.07, 6.45) is 18.6. The highest BCUT2D eigenvalue weighted by Gasteiger charge is 2.61. The maximum atomic E-state index is 13.7. The summed E-state index contributed by atoms with van der Waals surface area (Å²) in [6.45, 7) is 13.0. The molecule has 0 bridgehead atoms. The number of hydrogen-bond acceptors (Lipinski definition) is 7. The van der Waals surface area contributed by atoms with Crippen LogP contribution < -0.4 is 9.47 Å². The van der Waals surface area contributed by atoms with Crippen LogP contribution in [-0.4, -0.2) is 139 Å². The predicted octanol–water partition coefficient (Wildman–Crippen LogP) is 9.83. The van der Waals surface area contributed by atoms with Gasteiger partial charge in [-0.3, -0.25) is 14.4 Å². The number of nitrogens with zero attached hydrogens (tertiary/aromatic N) is 1. The number of amides is 1. The third kappa shape index (κ3) is 14.0. The first-order valence-electron chi connectivity index (χ1n) is 29.5. The minimum Gasteiger partial charge on any atom is -0.497 e. The molecule has 0 unspecified atom stereocenters. The quantitative estimate of drug-likeness (QED) is 0.146. The zero-order chi connectivity index (χ0) is 56.5. The largest absolute Gasteiger partial charge is 0.497 e. The normalized spacial score (nSPS) is 36.7. The van der Waals surface area contributed by atoms with Crippen molar-refractivity contribution in [2.75, 3.05) is 28.4 Å². The van der Waals surface area contributed by atoms with Gasteiger partial charge in [0.2, 0.25) is 5.91 Å². The molecule has 0 heterocycles. The van der Waals surface area contributed by atoms with Gasteiger partial charge in [0, 0.05) is 101 Å². The van der Waals surface area contributed by atoms with Gasteiger partial charge in [-0.1, -0.05) is 37.2 Å². The highest BCUT2D eigenvalue weighted by molar-refractivity contribution is 9.10. The zero-order valence-electron chi connectivity index (χ0n) is 48.7. The molecule has 8 saturated carbocycles. The lowest BCUT2D eigenvalue weighted by Gasteiger charge is -2.56. The number of methoxy groups -OCH3 is 2. The molecule has 1 amide bonds. The average molecular weight is 1110 g/mol. The maximum absolute atomic E-state index is 13.7. The molecule has 0 aromatic heterocycles. The molecule has 2 aromatic carbocycles. The van der Waals surface area contributed by atoms with E-state index in [0.29, 0.717) is 17.6 Å². The summed E-state index contributed by atoms with van der Waals surface area (Å²) < 4.78 is 11.5. The number of hydrogen-bond donors (Lipinski definition) is 2. The second-order valence-electron chi connectivity index (χ2n) is 26.7. The van der Waals surface area contributed by atoms with Gasteiger partial charge in [0.15, 0.2) is 5.78 Å². The summed E-state index contributed by atoms with van der Waals surface area (Å²) in [6, 6.07) is 11.8. The first-order valence-corrected chi connectivity index (χ1v) is 30.3. The molecule has 12 radical (unpaired) electrons. The molecule has 16 atom stereocenters. The van der Waals surface area contributed by atoms with Crippen molar-refractivity contribution >= 4 is 99.6 Å². The Morgan fingerprint density at radius 1 is 0.577 bits per heavy atom. The van der Waals surface area contributed by atoms with Gasteiger partial charge in [-0.05, 0) is 261 Å². The van der Waals surface area contributed by atoms with E-state index in [4.69, 9.17) is 60.7 Å². The number of benzene rings is 2. The van der Waals surface area contributed by atoms with Gasteiger partial charge in [-0.25, -0.2) is 5.06 Å². The van der Waals surface area contributed by atoms with Crippen molar-refractivity contribution in [3.63, 3.8) is 0 Å². The first kappa shape index (κ1) is 65.3. The highest BCUT2D eigenvalue weighted by atomic mass is 79.9. The first-order chi connectivity index (χ1) is 36.2. The molecule has 8 aliphatic rings. The number of halogens is 1. The number of fused-ring (bicyclic) bond motifs is 10. The van der Waals surface area contributed by atoms with Gasteiger partial charge in [-0.2, -0.15) is 0 Å². The summed E-state index contributed by atoms with van der Waals surface area (Å²) in [5.74, 6) is 10.3. The topological polar surface area (TPSA) is 106 Å². The number of carbonyl (C=O) groups is 2. The van der Waals surface area contributed by atoms with Crippen molar-refractivity contribution < 1.29 is 34.1 Å². The van der Waals surface area contributed by atoms with Crippen LogP contribution in [0.15, 0.2) is 40.9 Å². The molecule has 2 N–H and O–H groups in total. The van der Waals surface area contributed by atoms with Crippen molar-refractivity contribution in [3.05, 3.63) is 57.6 Å². The van der Waals surface area contributed by atoms with Crippen molar-refractivity contribution in [1.29, 1.82) is 0 Å². The Hall–Kier alpha value is -1.81. The van der Waals surface area contributed by atoms with E-state index in [0.717, 1.165) is 113 Å². The number of carbonyl (C=O) groups excluding carboxylic acids is 2. The van der Waals surface area contributed by atoms with Crippen LogP contribution in [0.2, 0.25) is 0 Å². The van der Waals surface area contributed by atoms with E-state index in [1.165, 1.54) is 87.7 Å².